The second kappa shape index (κ2) is 8.46. The fourth-order valence-corrected chi connectivity index (χ4v) is 3.02. The zero-order chi connectivity index (χ0) is 21.2. The minimum absolute atomic E-state index is 0.0610. The molecule has 1 saturated heterocycles. The zero-order valence-electron chi connectivity index (χ0n) is 14.8. The summed E-state index contributed by atoms with van der Waals surface area (Å²) >= 11 is 0. The van der Waals surface area contributed by atoms with Crippen molar-refractivity contribution in [3.05, 3.63) is 36.0 Å². The highest BCUT2D eigenvalue weighted by atomic mass is 19.4. The number of ether oxygens (including phenoxy) is 2. The maximum absolute atomic E-state index is 12.5. The summed E-state index contributed by atoms with van der Waals surface area (Å²) in [5.41, 5.74) is 0.544. The third-order valence-electron chi connectivity index (χ3n) is 4.48. The number of carbonyl (C=O) groups excluding carboxylic acids is 1. The Morgan fingerprint density at radius 1 is 1.28 bits per heavy atom. The minimum atomic E-state index is -4.77. The minimum Gasteiger partial charge on any atom is -0.435 e. The first-order valence-corrected chi connectivity index (χ1v) is 8.65. The van der Waals surface area contributed by atoms with Crippen LogP contribution in [0.3, 0.4) is 0 Å². The molecule has 3 rings (SSSR count). The van der Waals surface area contributed by atoms with Crippen LogP contribution in [-0.4, -0.2) is 53.6 Å². The molecular formula is C18H17F5N2O4. The Morgan fingerprint density at radius 2 is 2.03 bits per heavy atom. The van der Waals surface area contributed by atoms with Crippen molar-refractivity contribution in [1.82, 2.24) is 10.3 Å². The summed E-state index contributed by atoms with van der Waals surface area (Å²) in [7, 11) is 0. The molecule has 0 saturated carbocycles. The monoisotopic (exact) mass is 420 g/mol. The van der Waals surface area contributed by atoms with E-state index in [1.807, 2.05) is 0 Å². The number of nitrogens with one attached hydrogen (secondary N) is 1. The van der Waals surface area contributed by atoms with Gasteiger partial charge in [0.05, 0.1) is 29.8 Å². The van der Waals surface area contributed by atoms with Gasteiger partial charge in [-0.25, -0.2) is 0 Å². The van der Waals surface area contributed by atoms with Crippen LogP contribution in [0.1, 0.15) is 23.2 Å². The third kappa shape index (κ3) is 5.30. The van der Waals surface area contributed by atoms with E-state index in [4.69, 9.17) is 4.74 Å². The lowest BCUT2D eigenvalue weighted by atomic mass is 10.0. The van der Waals surface area contributed by atoms with Gasteiger partial charge in [0.1, 0.15) is 5.75 Å². The number of nitrogens with zero attached hydrogens (tertiary/aromatic N) is 1. The lowest BCUT2D eigenvalue weighted by Crippen LogP contribution is -2.49. The molecule has 3 atom stereocenters. The van der Waals surface area contributed by atoms with Crippen molar-refractivity contribution in [2.24, 2.45) is 0 Å². The molecular weight excluding hydrogens is 403 g/mol. The van der Waals surface area contributed by atoms with Gasteiger partial charge >= 0.3 is 12.8 Å². The number of pyridine rings is 1. The van der Waals surface area contributed by atoms with Gasteiger partial charge in [0.25, 0.3) is 5.91 Å². The van der Waals surface area contributed by atoms with Crippen LogP contribution in [0.25, 0.3) is 10.9 Å². The number of hydrogen-bond acceptors (Lipinski definition) is 5. The van der Waals surface area contributed by atoms with Gasteiger partial charge in [0, 0.05) is 17.6 Å². The number of halogens is 5. The summed E-state index contributed by atoms with van der Waals surface area (Å²) in [5, 5.41) is 12.4. The fourth-order valence-electron chi connectivity index (χ4n) is 3.02. The second-order valence-electron chi connectivity index (χ2n) is 6.56. The summed E-state index contributed by atoms with van der Waals surface area (Å²) in [4.78, 5) is 16.4. The highest BCUT2D eigenvalue weighted by Gasteiger charge is 2.45. The molecule has 1 fully saturated rings. The summed E-state index contributed by atoms with van der Waals surface area (Å²) in [6, 6.07) is 5.09. The normalized spacial score (nSPS) is 21.2. The fraction of sp³-hybridized carbons (Fsp3) is 0.444. The molecule has 2 aromatic rings. The van der Waals surface area contributed by atoms with Crippen LogP contribution >= 0.6 is 0 Å². The van der Waals surface area contributed by atoms with Gasteiger partial charge in [-0.3, -0.25) is 9.78 Å². The zero-order valence-corrected chi connectivity index (χ0v) is 14.8. The molecule has 11 heteroatoms. The summed E-state index contributed by atoms with van der Waals surface area (Å²) < 4.78 is 71.5. The van der Waals surface area contributed by atoms with Crippen molar-refractivity contribution < 1.29 is 41.3 Å². The number of alkyl halides is 5. The number of aliphatic hydroxyl groups is 1. The first-order chi connectivity index (χ1) is 13.6. The molecule has 1 aliphatic heterocycles. The number of rotatable bonds is 5. The van der Waals surface area contributed by atoms with Crippen molar-refractivity contribution in [1.29, 1.82) is 0 Å². The third-order valence-corrected chi connectivity index (χ3v) is 4.48. The first kappa shape index (κ1) is 21.2. The maximum atomic E-state index is 12.5. The summed E-state index contributed by atoms with van der Waals surface area (Å²) in [5.74, 6) is -0.567. The molecule has 1 aromatic heterocycles. The molecule has 0 spiro atoms. The SMILES string of the molecule is O=C(N[C@@H]1CC[C@@H](C(O)C(F)(F)F)OC1)c1cnc2cc(OC(F)F)ccc2c1. The number of fused-ring (bicyclic) bond motifs is 1. The largest absolute Gasteiger partial charge is 0.435 e. The van der Waals surface area contributed by atoms with E-state index >= 15 is 0 Å². The van der Waals surface area contributed by atoms with E-state index in [9.17, 15) is 31.9 Å². The average Bonchev–Trinajstić information content (AvgIpc) is 2.66. The number of aromatic nitrogens is 1. The molecule has 1 amide bonds. The molecule has 0 radical (unpaired) electrons. The molecule has 6 nitrogen and oxygen atoms in total. The Labute approximate surface area is 161 Å². The first-order valence-electron chi connectivity index (χ1n) is 8.65. The topological polar surface area (TPSA) is 80.7 Å². The number of aliphatic hydroxyl groups excluding tert-OH is 1. The quantitative estimate of drug-likeness (QED) is 0.727. The van der Waals surface area contributed by atoms with E-state index in [0.29, 0.717) is 10.9 Å². The molecule has 2 N–H and O–H groups in total. The predicted molar refractivity (Wildman–Crippen MR) is 90.7 cm³/mol. The molecule has 0 aliphatic carbocycles. The van der Waals surface area contributed by atoms with Crippen LogP contribution in [0.4, 0.5) is 22.0 Å². The summed E-state index contributed by atoms with van der Waals surface area (Å²) in [6.07, 6.45) is -7.30. The highest BCUT2D eigenvalue weighted by molar-refractivity contribution is 5.97. The van der Waals surface area contributed by atoms with Crippen molar-refractivity contribution in [3.63, 3.8) is 0 Å². The van der Waals surface area contributed by atoms with Crippen LogP contribution < -0.4 is 10.1 Å². The number of hydrogen-bond donors (Lipinski definition) is 2. The lowest BCUT2D eigenvalue weighted by molar-refractivity contribution is -0.242. The van der Waals surface area contributed by atoms with E-state index in [0.717, 1.165) is 0 Å². The molecule has 29 heavy (non-hydrogen) atoms. The summed E-state index contributed by atoms with van der Waals surface area (Å²) in [6.45, 7) is -3.13. The number of carbonyl (C=O) groups is 1. The Bertz CT molecular complexity index is 869. The van der Waals surface area contributed by atoms with Crippen LogP contribution in [-0.2, 0) is 4.74 Å². The van der Waals surface area contributed by atoms with Gasteiger partial charge < -0.3 is 19.9 Å². The van der Waals surface area contributed by atoms with Crippen molar-refractivity contribution in [3.8, 4) is 5.75 Å². The Kier molecular flexibility index (Phi) is 6.18. The standard InChI is InChI=1S/C18H17F5N2O4/c19-17(20)29-12-3-1-9-5-10(7-24-13(9)6-12)16(27)25-11-2-4-14(28-8-11)15(26)18(21,22)23/h1,3,5-7,11,14-15,17,26H,2,4,8H2,(H,25,27)/t11-,14+,15?/m1/s1. The van der Waals surface area contributed by atoms with E-state index < -0.39 is 36.9 Å². The molecule has 1 aromatic carbocycles. The second-order valence-corrected chi connectivity index (χ2v) is 6.56. The van der Waals surface area contributed by atoms with Crippen LogP contribution in [0.15, 0.2) is 30.5 Å². The Balaban J connectivity index is 1.60. The van der Waals surface area contributed by atoms with E-state index in [2.05, 4.69) is 15.0 Å². The Hall–Kier alpha value is -2.53. The highest BCUT2D eigenvalue weighted by Crippen LogP contribution is 2.28. The van der Waals surface area contributed by atoms with Crippen LogP contribution in [0.2, 0.25) is 0 Å². The average molecular weight is 420 g/mol. The molecule has 1 unspecified atom stereocenters. The molecule has 158 valence electrons. The smallest absolute Gasteiger partial charge is 0.416 e. The van der Waals surface area contributed by atoms with Crippen molar-refractivity contribution >= 4 is 16.8 Å². The maximum Gasteiger partial charge on any atom is 0.416 e. The van der Waals surface area contributed by atoms with E-state index in [1.165, 1.54) is 30.5 Å². The van der Waals surface area contributed by atoms with Crippen molar-refractivity contribution in [2.45, 2.75) is 43.9 Å². The molecule has 1 aliphatic rings. The van der Waals surface area contributed by atoms with E-state index in [-0.39, 0.29) is 30.8 Å². The van der Waals surface area contributed by atoms with Crippen molar-refractivity contribution in [2.75, 3.05) is 6.61 Å². The van der Waals surface area contributed by atoms with Crippen LogP contribution in [0.5, 0.6) is 5.75 Å². The number of amides is 1. The van der Waals surface area contributed by atoms with Crippen LogP contribution in [0, 0.1) is 0 Å². The van der Waals surface area contributed by atoms with Gasteiger partial charge in [0.2, 0.25) is 0 Å². The Morgan fingerprint density at radius 3 is 2.66 bits per heavy atom. The van der Waals surface area contributed by atoms with E-state index in [1.54, 1.807) is 0 Å². The molecule has 2 heterocycles. The van der Waals surface area contributed by atoms with Gasteiger partial charge in [-0.15, -0.1) is 0 Å². The van der Waals surface area contributed by atoms with Gasteiger partial charge in [-0.05, 0) is 31.0 Å². The van der Waals surface area contributed by atoms with Gasteiger partial charge in [-0.1, -0.05) is 0 Å². The molecule has 0 bridgehead atoms. The predicted octanol–water partition coefficient (Wildman–Crippen LogP) is 3.04. The van der Waals surface area contributed by atoms with Gasteiger partial charge in [0.15, 0.2) is 6.10 Å². The lowest BCUT2D eigenvalue weighted by Gasteiger charge is -2.32. The van der Waals surface area contributed by atoms with Gasteiger partial charge in [-0.2, -0.15) is 22.0 Å². The number of benzene rings is 1.